The van der Waals surface area contributed by atoms with Crippen LogP contribution in [0.2, 0.25) is 0 Å². The van der Waals surface area contributed by atoms with Gasteiger partial charge in [-0.1, -0.05) is 45.3 Å². The smallest absolute Gasteiger partial charge is 0.0591 e. The molecule has 4 rings (SSSR count). The first-order chi connectivity index (χ1) is 13.2. The number of rotatable bonds is 5. The molecule has 0 amide bonds. The van der Waals surface area contributed by atoms with Gasteiger partial charge in [-0.05, 0) is 118 Å². The first-order valence-electron chi connectivity index (χ1n) is 12.4. The third-order valence-electron chi connectivity index (χ3n) is 10.1. The molecule has 0 aliphatic heterocycles. The van der Waals surface area contributed by atoms with Crippen LogP contribution < -0.4 is 0 Å². The molecule has 159 valence electrons. The summed E-state index contributed by atoms with van der Waals surface area (Å²) in [6.45, 7) is 11.7. The normalized spacial score (nSPS) is 44.3. The largest absolute Gasteiger partial charge is 0.390 e. The van der Waals surface area contributed by atoms with E-state index in [-0.39, 0.29) is 0 Å². The average molecular weight is 386 g/mol. The highest BCUT2D eigenvalue weighted by atomic mass is 16.3. The Morgan fingerprint density at radius 1 is 1.14 bits per heavy atom. The Kier molecular flexibility index (Phi) is 5.56. The van der Waals surface area contributed by atoms with Gasteiger partial charge in [-0.3, -0.25) is 0 Å². The Morgan fingerprint density at radius 2 is 1.93 bits per heavy atom. The van der Waals surface area contributed by atoms with Crippen LogP contribution in [0.5, 0.6) is 0 Å². The van der Waals surface area contributed by atoms with Gasteiger partial charge in [-0.25, -0.2) is 0 Å². The fourth-order valence-corrected chi connectivity index (χ4v) is 8.51. The van der Waals surface area contributed by atoms with E-state index in [0.29, 0.717) is 10.8 Å². The fraction of sp³-hybridized carbons (Fsp3) is 0.889. The van der Waals surface area contributed by atoms with Crippen LogP contribution in [-0.2, 0) is 0 Å². The van der Waals surface area contributed by atoms with Crippen LogP contribution in [0.25, 0.3) is 0 Å². The van der Waals surface area contributed by atoms with Crippen LogP contribution in [0.3, 0.4) is 0 Å². The number of allylic oxidation sites excluding steroid dienone is 2. The van der Waals surface area contributed by atoms with E-state index in [0.717, 1.165) is 36.0 Å². The predicted molar refractivity (Wildman–Crippen MR) is 119 cm³/mol. The highest BCUT2D eigenvalue weighted by Crippen LogP contribution is 2.67. The molecule has 4 aliphatic rings. The summed E-state index contributed by atoms with van der Waals surface area (Å²) in [6, 6.07) is 0. The van der Waals surface area contributed by atoms with Crippen molar-refractivity contribution in [2.45, 2.75) is 111 Å². The summed E-state index contributed by atoms with van der Waals surface area (Å²) < 4.78 is 0. The van der Waals surface area contributed by atoms with Gasteiger partial charge in [0.25, 0.3) is 0 Å². The van der Waals surface area contributed by atoms with Gasteiger partial charge in [-0.2, -0.15) is 0 Å². The van der Waals surface area contributed by atoms with Crippen molar-refractivity contribution in [3.05, 3.63) is 18.1 Å². The molecule has 4 aliphatic carbocycles. The van der Waals surface area contributed by atoms with E-state index >= 15 is 0 Å². The molecule has 3 fully saturated rings. The van der Waals surface area contributed by atoms with Crippen LogP contribution in [0.1, 0.15) is 105 Å². The lowest BCUT2D eigenvalue weighted by Gasteiger charge is -2.58. The van der Waals surface area contributed by atoms with E-state index in [9.17, 15) is 5.11 Å². The van der Waals surface area contributed by atoms with Gasteiger partial charge in [0.15, 0.2) is 0 Å². The molecular formula is C27H45O. The van der Waals surface area contributed by atoms with Crippen LogP contribution in [-0.4, -0.2) is 10.7 Å². The van der Waals surface area contributed by atoms with E-state index in [4.69, 9.17) is 0 Å². The average Bonchev–Trinajstić information content (AvgIpc) is 2.97. The minimum Gasteiger partial charge on any atom is -0.390 e. The molecule has 0 aromatic carbocycles. The summed E-state index contributed by atoms with van der Waals surface area (Å²) in [5.41, 5.74) is 2.37. The molecule has 0 heterocycles. The van der Waals surface area contributed by atoms with Crippen LogP contribution in [0, 0.1) is 46.8 Å². The second kappa shape index (κ2) is 7.44. The Hall–Kier alpha value is -0.300. The van der Waals surface area contributed by atoms with E-state index in [1.165, 1.54) is 64.2 Å². The zero-order valence-electron chi connectivity index (χ0n) is 19.3. The monoisotopic (exact) mass is 385 g/mol. The van der Waals surface area contributed by atoms with Gasteiger partial charge in [0, 0.05) is 0 Å². The van der Waals surface area contributed by atoms with Gasteiger partial charge >= 0.3 is 0 Å². The van der Waals surface area contributed by atoms with Crippen molar-refractivity contribution in [1.29, 1.82) is 0 Å². The van der Waals surface area contributed by atoms with Gasteiger partial charge in [0.1, 0.15) is 0 Å². The minimum atomic E-state index is -0.501. The SMILES string of the molecule is C[C@H](CCCC(C)(C)O)[C@H]1CC[C@H]2[C@@H]3CC=C4C[CH]CC[C@]4(C)[C@H]3CC[C@]12C. The van der Waals surface area contributed by atoms with Crippen molar-refractivity contribution in [1.82, 2.24) is 0 Å². The van der Waals surface area contributed by atoms with E-state index < -0.39 is 5.60 Å². The van der Waals surface area contributed by atoms with Crippen molar-refractivity contribution in [3.63, 3.8) is 0 Å². The van der Waals surface area contributed by atoms with Gasteiger partial charge in [-0.15, -0.1) is 0 Å². The van der Waals surface area contributed by atoms with Gasteiger partial charge in [0.05, 0.1) is 5.60 Å². The third-order valence-corrected chi connectivity index (χ3v) is 10.1. The van der Waals surface area contributed by atoms with Crippen LogP contribution in [0.15, 0.2) is 11.6 Å². The van der Waals surface area contributed by atoms with Crippen molar-refractivity contribution >= 4 is 0 Å². The maximum absolute atomic E-state index is 10.1. The van der Waals surface area contributed by atoms with Crippen molar-refractivity contribution in [2.24, 2.45) is 40.4 Å². The molecule has 0 unspecified atom stereocenters. The summed E-state index contributed by atoms with van der Waals surface area (Å²) >= 11 is 0. The van der Waals surface area contributed by atoms with Crippen LogP contribution >= 0.6 is 0 Å². The van der Waals surface area contributed by atoms with Crippen LogP contribution in [0.4, 0.5) is 0 Å². The maximum atomic E-state index is 10.1. The molecule has 28 heavy (non-hydrogen) atoms. The van der Waals surface area contributed by atoms with E-state index in [2.05, 4.69) is 33.3 Å². The fourth-order valence-electron chi connectivity index (χ4n) is 8.51. The second-order valence-electron chi connectivity index (χ2n) is 12.2. The number of fused-ring (bicyclic) bond motifs is 5. The highest BCUT2D eigenvalue weighted by molar-refractivity contribution is 5.26. The molecule has 7 atom stereocenters. The standard InChI is InChI=1S/C27H45O/c1-19(9-8-16-25(2,3)28)22-13-14-23-21-12-11-20-10-6-7-17-26(20,4)24(21)15-18-27(22,23)5/h6,11,19,21-24,28H,7-10,12-18H2,1-5H3/t19-,21+,22-,23+,24+,26+,27-/m1/s1. The molecule has 1 radical (unpaired) electrons. The first-order valence-corrected chi connectivity index (χ1v) is 12.4. The molecule has 0 spiro atoms. The zero-order valence-corrected chi connectivity index (χ0v) is 19.3. The summed E-state index contributed by atoms with van der Waals surface area (Å²) in [5, 5.41) is 10.1. The van der Waals surface area contributed by atoms with E-state index in [1.54, 1.807) is 5.57 Å². The lowest BCUT2D eigenvalue weighted by atomic mass is 9.47. The summed E-state index contributed by atoms with van der Waals surface area (Å²) in [7, 11) is 0. The Balaban J connectivity index is 1.47. The summed E-state index contributed by atoms with van der Waals surface area (Å²) in [6.07, 6.45) is 19.9. The molecular weight excluding hydrogens is 340 g/mol. The van der Waals surface area contributed by atoms with Crippen molar-refractivity contribution in [3.8, 4) is 0 Å². The van der Waals surface area contributed by atoms with Crippen molar-refractivity contribution in [2.75, 3.05) is 0 Å². The Morgan fingerprint density at radius 3 is 2.68 bits per heavy atom. The molecule has 0 saturated heterocycles. The number of hydrogen-bond acceptors (Lipinski definition) is 1. The van der Waals surface area contributed by atoms with Crippen molar-refractivity contribution < 1.29 is 5.11 Å². The third kappa shape index (κ3) is 3.52. The highest BCUT2D eigenvalue weighted by Gasteiger charge is 2.58. The maximum Gasteiger partial charge on any atom is 0.0591 e. The lowest BCUT2D eigenvalue weighted by Crippen LogP contribution is -2.50. The topological polar surface area (TPSA) is 20.2 Å². The molecule has 0 bridgehead atoms. The summed E-state index contributed by atoms with van der Waals surface area (Å²) in [5.74, 6) is 4.55. The number of aliphatic hydroxyl groups is 1. The number of hydrogen-bond donors (Lipinski definition) is 1. The Bertz CT molecular complexity index is 598. The first kappa shape index (κ1) is 21.0. The molecule has 1 nitrogen and oxygen atoms in total. The molecule has 0 aromatic rings. The Labute approximate surface area is 174 Å². The second-order valence-corrected chi connectivity index (χ2v) is 12.2. The van der Waals surface area contributed by atoms with Gasteiger partial charge < -0.3 is 5.11 Å². The van der Waals surface area contributed by atoms with E-state index in [1.807, 2.05) is 13.8 Å². The molecule has 3 saturated carbocycles. The predicted octanol–water partition coefficient (Wildman–Crippen LogP) is 7.35. The lowest BCUT2D eigenvalue weighted by molar-refractivity contribution is -0.0486. The minimum absolute atomic E-state index is 0.501. The molecule has 1 N–H and O–H groups in total. The quantitative estimate of drug-likeness (QED) is 0.491. The molecule has 1 heteroatoms. The van der Waals surface area contributed by atoms with Gasteiger partial charge in [0.2, 0.25) is 0 Å². The zero-order chi connectivity index (χ0) is 20.2. The molecule has 0 aromatic heterocycles. The summed E-state index contributed by atoms with van der Waals surface area (Å²) in [4.78, 5) is 0.